The molecule has 0 rings (SSSR count). The Morgan fingerprint density at radius 1 is 0.857 bits per heavy atom. The number of hydrogen-bond acceptors (Lipinski definition) is 6. The molecule has 7 N–H and O–H groups in total. The SMILES string of the molecule is CNCCNC(=O)CCN(CCN)CCC(=O)NCCN. The Balaban J connectivity index is 3.89. The lowest BCUT2D eigenvalue weighted by Gasteiger charge is -2.21. The molecule has 0 atom stereocenters. The van der Waals surface area contributed by atoms with Crippen molar-refractivity contribution < 1.29 is 9.59 Å². The summed E-state index contributed by atoms with van der Waals surface area (Å²) in [5, 5.41) is 8.50. The number of nitrogens with two attached hydrogens (primary N) is 2. The summed E-state index contributed by atoms with van der Waals surface area (Å²) >= 11 is 0. The normalized spacial score (nSPS) is 10.7. The summed E-state index contributed by atoms with van der Waals surface area (Å²) in [5.74, 6) is -0.0132. The van der Waals surface area contributed by atoms with Gasteiger partial charge in [-0.25, -0.2) is 0 Å². The molecule has 21 heavy (non-hydrogen) atoms. The summed E-state index contributed by atoms with van der Waals surface area (Å²) in [6, 6.07) is 0. The summed E-state index contributed by atoms with van der Waals surface area (Å²) < 4.78 is 0. The quantitative estimate of drug-likeness (QED) is 0.238. The predicted octanol–water partition coefficient (Wildman–Crippen LogP) is -2.56. The second kappa shape index (κ2) is 13.7. The molecule has 0 aliphatic heterocycles. The number of nitrogens with one attached hydrogen (secondary N) is 3. The van der Waals surface area contributed by atoms with Crippen molar-refractivity contribution in [2.75, 3.05) is 59.4 Å². The van der Waals surface area contributed by atoms with Crippen LogP contribution in [0.15, 0.2) is 0 Å². The molecule has 0 radical (unpaired) electrons. The van der Waals surface area contributed by atoms with E-state index in [2.05, 4.69) is 16.0 Å². The van der Waals surface area contributed by atoms with E-state index in [-0.39, 0.29) is 11.8 Å². The minimum atomic E-state index is -0.0269. The highest BCUT2D eigenvalue weighted by Crippen LogP contribution is 1.94. The highest BCUT2D eigenvalue weighted by molar-refractivity contribution is 5.76. The number of amides is 2. The molecule has 0 aliphatic carbocycles. The summed E-state index contributed by atoms with van der Waals surface area (Å²) in [5.41, 5.74) is 10.9. The van der Waals surface area contributed by atoms with Crippen molar-refractivity contribution >= 4 is 11.8 Å². The fourth-order valence-corrected chi connectivity index (χ4v) is 1.75. The minimum absolute atomic E-state index is 0.0138. The van der Waals surface area contributed by atoms with E-state index >= 15 is 0 Å². The zero-order chi connectivity index (χ0) is 15.9. The average molecular weight is 302 g/mol. The molecule has 0 saturated heterocycles. The monoisotopic (exact) mass is 302 g/mol. The van der Waals surface area contributed by atoms with Crippen molar-refractivity contribution in [3.05, 3.63) is 0 Å². The van der Waals surface area contributed by atoms with E-state index in [9.17, 15) is 9.59 Å². The molecular formula is C13H30N6O2. The van der Waals surface area contributed by atoms with Crippen LogP contribution in [-0.4, -0.2) is 76.1 Å². The molecule has 8 heteroatoms. The van der Waals surface area contributed by atoms with Crippen LogP contribution in [0.5, 0.6) is 0 Å². The van der Waals surface area contributed by atoms with Crippen molar-refractivity contribution in [2.24, 2.45) is 11.5 Å². The number of hydrogen-bond donors (Lipinski definition) is 5. The number of rotatable bonds is 13. The van der Waals surface area contributed by atoms with E-state index < -0.39 is 0 Å². The Labute approximate surface area is 127 Å². The Hall–Kier alpha value is -1.22. The van der Waals surface area contributed by atoms with Crippen LogP contribution in [0.1, 0.15) is 12.8 Å². The first-order chi connectivity index (χ1) is 10.1. The summed E-state index contributed by atoms with van der Waals surface area (Å²) in [6.45, 7) is 4.67. The fourth-order valence-electron chi connectivity index (χ4n) is 1.75. The lowest BCUT2D eigenvalue weighted by molar-refractivity contribution is -0.121. The number of likely N-dealkylation sites (N-methyl/N-ethyl adjacent to an activating group) is 1. The third-order valence-corrected chi connectivity index (χ3v) is 2.92. The Bertz CT molecular complexity index is 288. The van der Waals surface area contributed by atoms with Crippen molar-refractivity contribution in [3.8, 4) is 0 Å². The number of carbonyl (C=O) groups excluding carboxylic acids is 2. The van der Waals surface area contributed by atoms with E-state index in [0.717, 1.165) is 6.54 Å². The van der Waals surface area contributed by atoms with Crippen LogP contribution >= 0.6 is 0 Å². The molecule has 0 aliphatic rings. The highest BCUT2D eigenvalue weighted by atomic mass is 16.2. The molecule has 0 spiro atoms. The Kier molecular flexibility index (Phi) is 13.0. The Morgan fingerprint density at radius 2 is 1.43 bits per heavy atom. The van der Waals surface area contributed by atoms with Crippen LogP contribution in [0.25, 0.3) is 0 Å². The van der Waals surface area contributed by atoms with Crippen LogP contribution in [0, 0.1) is 0 Å². The molecule has 0 heterocycles. The lowest BCUT2D eigenvalue weighted by Crippen LogP contribution is -2.38. The maximum atomic E-state index is 11.6. The van der Waals surface area contributed by atoms with Crippen LogP contribution in [0.2, 0.25) is 0 Å². The van der Waals surface area contributed by atoms with Crippen molar-refractivity contribution in [1.29, 1.82) is 0 Å². The van der Waals surface area contributed by atoms with Gasteiger partial charge >= 0.3 is 0 Å². The second-order valence-electron chi connectivity index (χ2n) is 4.72. The molecule has 2 amide bonds. The zero-order valence-corrected chi connectivity index (χ0v) is 13.0. The zero-order valence-electron chi connectivity index (χ0n) is 13.0. The van der Waals surface area contributed by atoms with Gasteiger partial charge in [0, 0.05) is 65.2 Å². The van der Waals surface area contributed by atoms with Crippen molar-refractivity contribution in [2.45, 2.75) is 12.8 Å². The topological polar surface area (TPSA) is 126 Å². The molecule has 0 fully saturated rings. The number of nitrogens with zero attached hydrogens (tertiary/aromatic N) is 1. The van der Waals surface area contributed by atoms with E-state index in [1.807, 2.05) is 11.9 Å². The van der Waals surface area contributed by atoms with Gasteiger partial charge in [-0.3, -0.25) is 9.59 Å². The standard InChI is InChI=1S/C13H30N6O2/c1-16-7-8-18-13(21)3-10-19(11-5-15)9-2-12(20)17-6-4-14/h16H,2-11,14-15H2,1H3,(H,17,20)(H,18,21). The van der Waals surface area contributed by atoms with Gasteiger partial charge in [-0.05, 0) is 7.05 Å². The molecule has 124 valence electrons. The van der Waals surface area contributed by atoms with Crippen LogP contribution < -0.4 is 27.4 Å². The third-order valence-electron chi connectivity index (χ3n) is 2.92. The first kappa shape index (κ1) is 19.8. The Morgan fingerprint density at radius 3 is 1.90 bits per heavy atom. The first-order valence-corrected chi connectivity index (χ1v) is 7.44. The summed E-state index contributed by atoms with van der Waals surface area (Å²) in [6.07, 6.45) is 0.801. The summed E-state index contributed by atoms with van der Waals surface area (Å²) in [4.78, 5) is 25.2. The molecule has 0 unspecified atom stereocenters. The fraction of sp³-hybridized carbons (Fsp3) is 0.846. The van der Waals surface area contributed by atoms with Crippen LogP contribution in [-0.2, 0) is 9.59 Å². The van der Waals surface area contributed by atoms with Gasteiger partial charge < -0.3 is 32.3 Å². The van der Waals surface area contributed by atoms with E-state index in [1.165, 1.54) is 0 Å². The van der Waals surface area contributed by atoms with Gasteiger partial charge in [0.05, 0.1) is 0 Å². The maximum absolute atomic E-state index is 11.6. The highest BCUT2D eigenvalue weighted by Gasteiger charge is 2.09. The second-order valence-corrected chi connectivity index (χ2v) is 4.72. The van der Waals surface area contributed by atoms with Crippen LogP contribution in [0.3, 0.4) is 0 Å². The number of carbonyl (C=O) groups is 2. The first-order valence-electron chi connectivity index (χ1n) is 7.44. The molecule has 0 aromatic rings. The smallest absolute Gasteiger partial charge is 0.221 e. The van der Waals surface area contributed by atoms with Gasteiger partial charge in [0.15, 0.2) is 0 Å². The average Bonchev–Trinajstić information content (AvgIpc) is 2.48. The van der Waals surface area contributed by atoms with Crippen molar-refractivity contribution in [1.82, 2.24) is 20.9 Å². The maximum Gasteiger partial charge on any atom is 0.221 e. The third kappa shape index (κ3) is 12.2. The minimum Gasteiger partial charge on any atom is -0.355 e. The molecule has 0 saturated carbocycles. The molecule has 8 nitrogen and oxygen atoms in total. The largest absolute Gasteiger partial charge is 0.355 e. The molecule has 0 bridgehead atoms. The van der Waals surface area contributed by atoms with Gasteiger partial charge in [0.1, 0.15) is 0 Å². The van der Waals surface area contributed by atoms with Gasteiger partial charge in [-0.1, -0.05) is 0 Å². The van der Waals surface area contributed by atoms with Gasteiger partial charge in [0.2, 0.25) is 11.8 Å². The van der Waals surface area contributed by atoms with Gasteiger partial charge in [0.25, 0.3) is 0 Å². The summed E-state index contributed by atoms with van der Waals surface area (Å²) in [7, 11) is 1.84. The van der Waals surface area contributed by atoms with Crippen LogP contribution in [0.4, 0.5) is 0 Å². The van der Waals surface area contributed by atoms with E-state index in [0.29, 0.717) is 58.7 Å². The van der Waals surface area contributed by atoms with E-state index in [4.69, 9.17) is 11.5 Å². The molecule has 0 aromatic carbocycles. The molecular weight excluding hydrogens is 272 g/mol. The van der Waals surface area contributed by atoms with Gasteiger partial charge in [-0.2, -0.15) is 0 Å². The van der Waals surface area contributed by atoms with Gasteiger partial charge in [-0.15, -0.1) is 0 Å². The molecule has 0 aromatic heterocycles. The lowest BCUT2D eigenvalue weighted by atomic mass is 10.3. The predicted molar refractivity (Wildman–Crippen MR) is 83.7 cm³/mol. The van der Waals surface area contributed by atoms with E-state index in [1.54, 1.807) is 0 Å². The van der Waals surface area contributed by atoms with Crippen molar-refractivity contribution in [3.63, 3.8) is 0 Å².